The SMILES string of the molecule is Cc1ccccc1[PH](C)(C)c1ccccc1. The van der Waals surface area contributed by atoms with Crippen molar-refractivity contribution in [3.05, 3.63) is 60.2 Å². The number of hydrogen-bond donors (Lipinski definition) is 0. The van der Waals surface area contributed by atoms with Crippen LogP contribution in [0.25, 0.3) is 0 Å². The molecule has 0 N–H and O–H groups in total. The first-order valence-corrected chi connectivity index (χ1v) is 8.74. The molecule has 1 heteroatoms. The molecule has 16 heavy (non-hydrogen) atoms. The van der Waals surface area contributed by atoms with Crippen molar-refractivity contribution in [2.45, 2.75) is 6.92 Å². The molecule has 0 aliphatic carbocycles. The average Bonchev–Trinajstić information content (AvgIpc) is 2.30. The van der Waals surface area contributed by atoms with Crippen LogP contribution >= 0.6 is 7.26 Å². The Bertz CT molecular complexity index is 472. The maximum atomic E-state index is 2.42. The van der Waals surface area contributed by atoms with Crippen molar-refractivity contribution < 1.29 is 0 Å². The van der Waals surface area contributed by atoms with Crippen molar-refractivity contribution in [1.29, 1.82) is 0 Å². The Morgan fingerprint density at radius 2 is 1.31 bits per heavy atom. The Morgan fingerprint density at radius 3 is 1.94 bits per heavy atom. The van der Waals surface area contributed by atoms with Gasteiger partial charge in [0, 0.05) is 0 Å². The molecule has 0 aromatic heterocycles. The monoisotopic (exact) mass is 230 g/mol. The minimum atomic E-state index is -1.50. The number of hydrogen-bond acceptors (Lipinski definition) is 0. The number of benzene rings is 2. The summed E-state index contributed by atoms with van der Waals surface area (Å²) in [4.78, 5) is 0. The topological polar surface area (TPSA) is 0 Å². The summed E-state index contributed by atoms with van der Waals surface area (Å²) >= 11 is 0. The van der Waals surface area contributed by atoms with Crippen LogP contribution in [0, 0.1) is 6.92 Å². The average molecular weight is 230 g/mol. The third kappa shape index (κ3) is 2.03. The zero-order chi connectivity index (χ0) is 11.6. The molecule has 0 bridgehead atoms. The molecule has 0 unspecified atom stereocenters. The summed E-state index contributed by atoms with van der Waals surface area (Å²) in [7, 11) is -1.50. The van der Waals surface area contributed by atoms with Gasteiger partial charge < -0.3 is 0 Å². The molecule has 2 aromatic carbocycles. The molecule has 0 aliphatic rings. The molecule has 84 valence electrons. The Labute approximate surface area is 98.7 Å². The van der Waals surface area contributed by atoms with Crippen LogP contribution in [0.1, 0.15) is 5.56 Å². The maximum absolute atomic E-state index is 2.42. The van der Waals surface area contributed by atoms with Gasteiger partial charge in [-0.2, -0.15) is 0 Å². The van der Waals surface area contributed by atoms with Gasteiger partial charge >= 0.3 is 98.3 Å². The van der Waals surface area contributed by atoms with E-state index in [0.717, 1.165) is 0 Å². The minimum absolute atomic E-state index is 1.42. The second kappa shape index (κ2) is 4.39. The molecule has 0 saturated heterocycles. The summed E-state index contributed by atoms with van der Waals surface area (Å²) in [6.45, 7) is 7.06. The zero-order valence-electron chi connectivity index (χ0n) is 10.2. The van der Waals surface area contributed by atoms with Gasteiger partial charge in [-0.3, -0.25) is 0 Å². The van der Waals surface area contributed by atoms with Crippen LogP contribution in [-0.4, -0.2) is 13.3 Å². The van der Waals surface area contributed by atoms with Crippen molar-refractivity contribution in [3.63, 3.8) is 0 Å². The normalized spacial score (nSPS) is 12.4. The van der Waals surface area contributed by atoms with Crippen LogP contribution in [-0.2, 0) is 0 Å². The van der Waals surface area contributed by atoms with Crippen LogP contribution < -0.4 is 10.6 Å². The number of rotatable bonds is 2. The first-order valence-electron chi connectivity index (χ1n) is 5.74. The summed E-state index contributed by atoms with van der Waals surface area (Å²) in [5.74, 6) is 0. The summed E-state index contributed by atoms with van der Waals surface area (Å²) in [5, 5.41) is 3.05. The van der Waals surface area contributed by atoms with E-state index >= 15 is 0 Å². The van der Waals surface area contributed by atoms with Crippen LogP contribution in [0.4, 0.5) is 0 Å². The summed E-state index contributed by atoms with van der Waals surface area (Å²) in [6.07, 6.45) is 0. The number of aryl methyl sites for hydroxylation is 1. The Hall–Kier alpha value is -1.13. The Kier molecular flexibility index (Phi) is 3.12. The Morgan fingerprint density at radius 1 is 0.750 bits per heavy atom. The second-order valence-corrected chi connectivity index (χ2v) is 9.17. The molecule has 0 fully saturated rings. The van der Waals surface area contributed by atoms with E-state index in [9.17, 15) is 0 Å². The van der Waals surface area contributed by atoms with Crippen LogP contribution in [0.2, 0.25) is 0 Å². The van der Waals surface area contributed by atoms with Gasteiger partial charge in [-0.25, -0.2) is 0 Å². The van der Waals surface area contributed by atoms with E-state index in [-0.39, 0.29) is 0 Å². The van der Waals surface area contributed by atoms with Crippen LogP contribution in [0.15, 0.2) is 54.6 Å². The van der Waals surface area contributed by atoms with E-state index in [4.69, 9.17) is 0 Å². The summed E-state index contributed by atoms with van der Waals surface area (Å²) in [5.41, 5.74) is 1.42. The molecular weight excluding hydrogens is 211 g/mol. The van der Waals surface area contributed by atoms with Gasteiger partial charge in [0.25, 0.3) is 0 Å². The van der Waals surface area contributed by atoms with Gasteiger partial charge in [-0.1, -0.05) is 0 Å². The fourth-order valence-corrected chi connectivity index (χ4v) is 5.20. The van der Waals surface area contributed by atoms with Gasteiger partial charge in [0.1, 0.15) is 0 Å². The standard InChI is InChI=1S/C15H19P/c1-13-9-7-8-12-15(13)16(2,3)14-10-5-4-6-11-14/h4-12,16H,1-3H3. The van der Waals surface area contributed by atoms with E-state index in [1.165, 1.54) is 10.9 Å². The Balaban J connectivity index is 2.51. The molecule has 2 aromatic rings. The molecule has 2 rings (SSSR count). The molecule has 0 aliphatic heterocycles. The van der Waals surface area contributed by atoms with Crippen molar-refractivity contribution in [1.82, 2.24) is 0 Å². The zero-order valence-corrected chi connectivity index (χ0v) is 11.2. The van der Waals surface area contributed by atoms with Crippen LogP contribution in [0.5, 0.6) is 0 Å². The third-order valence-corrected chi connectivity index (χ3v) is 7.00. The summed E-state index contributed by atoms with van der Waals surface area (Å²) < 4.78 is 0. The molecule has 0 atom stereocenters. The summed E-state index contributed by atoms with van der Waals surface area (Å²) in [6, 6.07) is 19.7. The molecule has 0 amide bonds. The van der Waals surface area contributed by atoms with E-state index in [1.54, 1.807) is 5.30 Å². The van der Waals surface area contributed by atoms with E-state index in [1.807, 2.05) is 0 Å². The van der Waals surface area contributed by atoms with Crippen molar-refractivity contribution >= 4 is 17.9 Å². The fraction of sp³-hybridized carbons (Fsp3) is 0.200. The van der Waals surface area contributed by atoms with Crippen molar-refractivity contribution in [3.8, 4) is 0 Å². The van der Waals surface area contributed by atoms with Gasteiger partial charge in [0.2, 0.25) is 0 Å². The van der Waals surface area contributed by atoms with Gasteiger partial charge in [0.15, 0.2) is 0 Å². The molecule has 0 heterocycles. The van der Waals surface area contributed by atoms with Crippen molar-refractivity contribution in [2.24, 2.45) is 0 Å². The quantitative estimate of drug-likeness (QED) is 0.696. The van der Waals surface area contributed by atoms with E-state index in [0.29, 0.717) is 0 Å². The van der Waals surface area contributed by atoms with Gasteiger partial charge in [0.05, 0.1) is 0 Å². The molecule has 0 spiro atoms. The fourth-order valence-electron chi connectivity index (χ4n) is 2.28. The van der Waals surface area contributed by atoms with Crippen LogP contribution in [0.3, 0.4) is 0 Å². The van der Waals surface area contributed by atoms with Crippen molar-refractivity contribution in [2.75, 3.05) is 13.3 Å². The van der Waals surface area contributed by atoms with E-state index < -0.39 is 7.26 Å². The molecule has 0 radical (unpaired) electrons. The predicted molar refractivity (Wildman–Crippen MR) is 77.1 cm³/mol. The first-order chi connectivity index (χ1) is 7.62. The molecular formula is C15H19P. The van der Waals surface area contributed by atoms with Gasteiger partial charge in [-0.15, -0.1) is 0 Å². The first kappa shape index (κ1) is 11.4. The van der Waals surface area contributed by atoms with Gasteiger partial charge in [-0.05, 0) is 0 Å². The predicted octanol–water partition coefficient (Wildman–Crippen LogP) is 2.96. The molecule has 0 saturated carbocycles. The van der Waals surface area contributed by atoms with E-state index in [2.05, 4.69) is 74.9 Å². The third-order valence-electron chi connectivity index (χ3n) is 3.31. The second-order valence-electron chi connectivity index (χ2n) is 4.81. The molecule has 0 nitrogen and oxygen atoms in total.